The van der Waals surface area contributed by atoms with Gasteiger partial charge in [0.1, 0.15) is 0 Å². The van der Waals surface area contributed by atoms with E-state index in [2.05, 4.69) is 45.7 Å². The molecule has 6 nitrogen and oxygen atoms in total. The molecule has 2 aromatic rings. The Kier molecular flexibility index (Phi) is 7.03. The third-order valence-corrected chi connectivity index (χ3v) is 7.03. The second kappa shape index (κ2) is 9.96. The van der Waals surface area contributed by atoms with Crippen LogP contribution in [0.5, 0.6) is 0 Å². The molecule has 2 heterocycles. The van der Waals surface area contributed by atoms with E-state index in [1.54, 1.807) is 0 Å². The van der Waals surface area contributed by atoms with Crippen LogP contribution < -0.4 is 15.5 Å². The zero-order valence-electron chi connectivity index (χ0n) is 20.3. The van der Waals surface area contributed by atoms with Crippen LogP contribution in [0.15, 0.2) is 30.3 Å². The quantitative estimate of drug-likeness (QED) is 0.682. The maximum absolute atomic E-state index is 12.7. The number of carbonyl (C=O) groups is 2. The van der Waals surface area contributed by atoms with Crippen LogP contribution in [0.25, 0.3) is 0 Å². The summed E-state index contributed by atoms with van der Waals surface area (Å²) in [6, 6.07) is 10.8. The van der Waals surface area contributed by atoms with Crippen LogP contribution >= 0.6 is 0 Å². The Morgan fingerprint density at radius 1 is 0.939 bits per heavy atom. The third-order valence-electron chi connectivity index (χ3n) is 7.03. The minimum Gasteiger partial charge on any atom is -0.374 e. The summed E-state index contributed by atoms with van der Waals surface area (Å²) in [4.78, 5) is 30.2. The van der Waals surface area contributed by atoms with Gasteiger partial charge in [0.15, 0.2) is 0 Å². The van der Waals surface area contributed by atoms with Gasteiger partial charge in [-0.3, -0.25) is 14.5 Å². The Morgan fingerprint density at radius 2 is 1.64 bits per heavy atom. The van der Waals surface area contributed by atoms with Crippen LogP contribution in [0, 0.1) is 20.8 Å². The van der Waals surface area contributed by atoms with Crippen LogP contribution in [-0.4, -0.2) is 49.9 Å². The number of anilines is 2. The molecule has 2 aliphatic heterocycles. The number of hydrogen-bond donors (Lipinski definition) is 2. The molecule has 2 aromatic carbocycles. The van der Waals surface area contributed by atoms with Gasteiger partial charge < -0.3 is 15.5 Å². The maximum Gasteiger partial charge on any atom is 0.313 e. The maximum atomic E-state index is 12.7. The van der Waals surface area contributed by atoms with Crippen molar-refractivity contribution in [1.29, 1.82) is 0 Å². The number of piperidine rings is 1. The van der Waals surface area contributed by atoms with E-state index in [9.17, 15) is 9.59 Å². The minimum absolute atomic E-state index is 0.0705. The standard InChI is InChI=1S/C27H36N4O2/c1-18-14-19(2)25(20(3)15-18)29-27(33)26(32)28-17-24(31-11-6-5-7-12-31)21-8-9-23-22(16-21)10-13-30(23)4/h8-9,14-16,24H,5-7,10-13,17H2,1-4H3,(H,28,32)(H,29,33)/t24-/m0/s1. The molecule has 2 amide bonds. The predicted octanol–water partition coefficient (Wildman–Crippen LogP) is 3.89. The van der Waals surface area contributed by atoms with Gasteiger partial charge in [0.2, 0.25) is 0 Å². The first-order valence-electron chi connectivity index (χ1n) is 12.1. The Bertz CT molecular complexity index is 1020. The summed E-state index contributed by atoms with van der Waals surface area (Å²) in [5, 5.41) is 5.74. The molecule has 33 heavy (non-hydrogen) atoms. The number of amides is 2. The smallest absolute Gasteiger partial charge is 0.313 e. The number of fused-ring (bicyclic) bond motifs is 1. The van der Waals surface area contributed by atoms with Gasteiger partial charge in [-0.2, -0.15) is 0 Å². The van der Waals surface area contributed by atoms with Gasteiger partial charge in [-0.05, 0) is 81.4 Å². The predicted molar refractivity (Wildman–Crippen MR) is 134 cm³/mol. The molecular weight excluding hydrogens is 412 g/mol. The van der Waals surface area contributed by atoms with Crippen molar-refractivity contribution in [1.82, 2.24) is 10.2 Å². The van der Waals surface area contributed by atoms with E-state index >= 15 is 0 Å². The summed E-state index contributed by atoms with van der Waals surface area (Å²) < 4.78 is 0. The third kappa shape index (κ3) is 5.22. The minimum atomic E-state index is -0.613. The largest absolute Gasteiger partial charge is 0.374 e. The lowest BCUT2D eigenvalue weighted by Crippen LogP contribution is -2.43. The van der Waals surface area contributed by atoms with Crippen molar-refractivity contribution in [3.63, 3.8) is 0 Å². The van der Waals surface area contributed by atoms with E-state index in [0.717, 1.165) is 48.4 Å². The molecule has 0 radical (unpaired) electrons. The summed E-state index contributed by atoms with van der Waals surface area (Å²) >= 11 is 0. The van der Waals surface area contributed by atoms with Crippen molar-refractivity contribution in [2.45, 2.75) is 52.5 Å². The van der Waals surface area contributed by atoms with Crippen molar-refractivity contribution < 1.29 is 9.59 Å². The first-order valence-corrected chi connectivity index (χ1v) is 12.1. The number of rotatable bonds is 5. The number of hydrogen-bond acceptors (Lipinski definition) is 4. The zero-order chi connectivity index (χ0) is 23.5. The fourth-order valence-electron chi connectivity index (χ4n) is 5.30. The molecule has 0 bridgehead atoms. The molecule has 0 unspecified atom stereocenters. The SMILES string of the molecule is Cc1cc(C)c(NC(=O)C(=O)NC[C@@H](c2ccc3c(c2)CCN3C)N2CCCCC2)c(C)c1. The van der Waals surface area contributed by atoms with Gasteiger partial charge in [0, 0.05) is 31.5 Å². The molecule has 176 valence electrons. The summed E-state index contributed by atoms with van der Waals surface area (Å²) in [7, 11) is 2.13. The highest BCUT2D eigenvalue weighted by Crippen LogP contribution is 2.32. The zero-order valence-corrected chi connectivity index (χ0v) is 20.3. The topological polar surface area (TPSA) is 64.7 Å². The molecule has 2 aliphatic rings. The van der Waals surface area contributed by atoms with Crippen LogP contribution in [0.4, 0.5) is 11.4 Å². The highest BCUT2D eigenvalue weighted by molar-refractivity contribution is 6.39. The molecule has 0 spiro atoms. The Balaban J connectivity index is 1.47. The first kappa shape index (κ1) is 23.3. The number of nitrogens with one attached hydrogen (secondary N) is 2. The summed E-state index contributed by atoms with van der Waals surface area (Å²) in [5.41, 5.74) is 7.66. The first-order chi connectivity index (χ1) is 15.8. The summed E-state index contributed by atoms with van der Waals surface area (Å²) in [5.74, 6) is -1.20. The van der Waals surface area contributed by atoms with Crippen LogP contribution in [0.2, 0.25) is 0 Å². The van der Waals surface area contributed by atoms with E-state index in [-0.39, 0.29) is 6.04 Å². The van der Waals surface area contributed by atoms with Crippen LogP contribution in [0.1, 0.15) is 53.1 Å². The van der Waals surface area contributed by atoms with Gasteiger partial charge >= 0.3 is 11.8 Å². The normalized spacial score (nSPS) is 16.9. The van der Waals surface area contributed by atoms with Crippen molar-refractivity contribution >= 4 is 23.2 Å². The number of likely N-dealkylation sites (tertiary alicyclic amines) is 1. The molecule has 4 rings (SSSR count). The van der Waals surface area contributed by atoms with Gasteiger partial charge in [0.25, 0.3) is 0 Å². The molecule has 6 heteroatoms. The second-order valence-corrected chi connectivity index (χ2v) is 9.61. The Labute approximate surface area is 197 Å². The van der Waals surface area contributed by atoms with E-state index in [0.29, 0.717) is 6.54 Å². The molecule has 1 atom stereocenters. The number of likely N-dealkylation sites (N-methyl/N-ethyl adjacent to an activating group) is 1. The van der Waals surface area contributed by atoms with Gasteiger partial charge in [-0.1, -0.05) is 36.2 Å². The van der Waals surface area contributed by atoms with E-state index in [4.69, 9.17) is 0 Å². The lowest BCUT2D eigenvalue weighted by atomic mass is 9.98. The van der Waals surface area contributed by atoms with Gasteiger partial charge in [-0.15, -0.1) is 0 Å². The van der Waals surface area contributed by atoms with Crippen molar-refractivity contribution in [2.24, 2.45) is 0 Å². The van der Waals surface area contributed by atoms with Gasteiger partial charge in [0.05, 0.1) is 6.04 Å². The molecule has 0 aliphatic carbocycles. The van der Waals surface area contributed by atoms with Crippen molar-refractivity contribution in [3.05, 3.63) is 58.1 Å². The lowest BCUT2D eigenvalue weighted by Gasteiger charge is -2.35. The van der Waals surface area contributed by atoms with E-state index in [1.807, 2.05) is 32.9 Å². The van der Waals surface area contributed by atoms with E-state index in [1.165, 1.54) is 36.1 Å². The fraction of sp³-hybridized carbons (Fsp3) is 0.481. The molecule has 2 N–H and O–H groups in total. The number of carbonyl (C=O) groups excluding carboxylic acids is 2. The fourth-order valence-corrected chi connectivity index (χ4v) is 5.30. The highest BCUT2D eigenvalue weighted by Gasteiger charge is 2.26. The Morgan fingerprint density at radius 3 is 2.33 bits per heavy atom. The van der Waals surface area contributed by atoms with Crippen molar-refractivity contribution in [3.8, 4) is 0 Å². The van der Waals surface area contributed by atoms with Crippen molar-refractivity contribution in [2.75, 3.05) is 43.4 Å². The lowest BCUT2D eigenvalue weighted by molar-refractivity contribution is -0.136. The van der Waals surface area contributed by atoms with Gasteiger partial charge in [-0.25, -0.2) is 0 Å². The number of nitrogens with zero attached hydrogens (tertiary/aromatic N) is 2. The second-order valence-electron chi connectivity index (χ2n) is 9.61. The number of aryl methyl sites for hydroxylation is 3. The van der Waals surface area contributed by atoms with E-state index < -0.39 is 11.8 Å². The summed E-state index contributed by atoms with van der Waals surface area (Å²) in [6.07, 6.45) is 4.65. The molecular formula is C27H36N4O2. The van der Waals surface area contributed by atoms with Crippen LogP contribution in [0.3, 0.4) is 0 Å². The average Bonchev–Trinajstić information content (AvgIpc) is 3.17. The molecule has 0 aromatic heterocycles. The highest BCUT2D eigenvalue weighted by atomic mass is 16.2. The molecule has 0 saturated carbocycles. The molecule has 1 saturated heterocycles. The molecule has 1 fully saturated rings. The monoisotopic (exact) mass is 448 g/mol. The summed E-state index contributed by atoms with van der Waals surface area (Å²) in [6.45, 7) is 9.43. The Hall–Kier alpha value is -2.86. The average molecular weight is 449 g/mol. The number of benzene rings is 2. The van der Waals surface area contributed by atoms with Crippen LogP contribution in [-0.2, 0) is 16.0 Å².